The molecule has 2 aromatic heterocycles. The molecule has 0 aliphatic carbocycles. The fourth-order valence-corrected chi connectivity index (χ4v) is 2.83. The molecule has 3 rings (SSSR count). The number of alkyl halides is 1. The highest BCUT2D eigenvalue weighted by Gasteiger charge is 2.15. The van der Waals surface area contributed by atoms with Crippen LogP contribution < -0.4 is 4.74 Å². The van der Waals surface area contributed by atoms with E-state index in [1.807, 2.05) is 35.8 Å². The third-order valence-electron chi connectivity index (χ3n) is 3.30. The van der Waals surface area contributed by atoms with E-state index in [2.05, 4.69) is 25.9 Å². The van der Waals surface area contributed by atoms with E-state index in [-0.39, 0.29) is 0 Å². The minimum atomic E-state index is 0.319. The number of ether oxygens (including phenoxy) is 1. The van der Waals surface area contributed by atoms with Crippen molar-refractivity contribution < 1.29 is 4.74 Å². The minimum absolute atomic E-state index is 0.319. The topological polar surface area (TPSA) is 39.9 Å². The van der Waals surface area contributed by atoms with Gasteiger partial charge in [-0.05, 0) is 52.7 Å². The monoisotopic (exact) mass is 365 g/mol. The number of hydrogen-bond donors (Lipinski definition) is 0. The van der Waals surface area contributed by atoms with Gasteiger partial charge in [0, 0.05) is 10.7 Å². The molecule has 0 aliphatic heterocycles. The van der Waals surface area contributed by atoms with Crippen LogP contribution in [-0.2, 0) is 5.88 Å². The molecule has 21 heavy (non-hydrogen) atoms. The third kappa shape index (κ3) is 2.51. The summed E-state index contributed by atoms with van der Waals surface area (Å²) >= 11 is 9.47. The summed E-state index contributed by atoms with van der Waals surface area (Å²) in [5.41, 5.74) is 3.69. The molecule has 108 valence electrons. The zero-order chi connectivity index (χ0) is 15.0. The van der Waals surface area contributed by atoms with Gasteiger partial charge >= 0.3 is 0 Å². The van der Waals surface area contributed by atoms with Crippen molar-refractivity contribution in [1.82, 2.24) is 14.5 Å². The average molecular weight is 367 g/mol. The molecule has 6 heteroatoms. The second-order valence-electron chi connectivity index (χ2n) is 4.65. The Bertz CT molecular complexity index is 816. The van der Waals surface area contributed by atoms with Gasteiger partial charge in [-0.3, -0.25) is 4.57 Å². The van der Waals surface area contributed by atoms with Gasteiger partial charge in [0.25, 0.3) is 0 Å². The van der Waals surface area contributed by atoms with Gasteiger partial charge in [0.15, 0.2) is 5.65 Å². The van der Waals surface area contributed by atoms with Crippen LogP contribution in [0.4, 0.5) is 0 Å². The standard InChI is InChI=1S/C15H13BrClN3O/c1-9-5-11(21-2)3-4-13(9)20-14(7-17)19-12-6-10(16)8-18-15(12)20/h3-6,8H,7H2,1-2H3. The molecule has 0 fully saturated rings. The molecular weight excluding hydrogens is 354 g/mol. The zero-order valence-electron chi connectivity index (χ0n) is 11.6. The van der Waals surface area contributed by atoms with Crippen LogP contribution in [-0.4, -0.2) is 21.6 Å². The number of fused-ring (bicyclic) bond motifs is 1. The summed E-state index contributed by atoms with van der Waals surface area (Å²) in [5.74, 6) is 1.91. The van der Waals surface area contributed by atoms with Crippen molar-refractivity contribution >= 4 is 38.7 Å². The van der Waals surface area contributed by atoms with Crippen LogP contribution in [0.3, 0.4) is 0 Å². The lowest BCUT2D eigenvalue weighted by Crippen LogP contribution is -2.02. The van der Waals surface area contributed by atoms with Crippen molar-refractivity contribution in [2.24, 2.45) is 0 Å². The van der Waals surface area contributed by atoms with Crippen molar-refractivity contribution in [3.8, 4) is 11.4 Å². The molecule has 2 heterocycles. The fraction of sp³-hybridized carbons (Fsp3) is 0.200. The molecule has 3 aromatic rings. The molecule has 0 saturated carbocycles. The van der Waals surface area contributed by atoms with Crippen molar-refractivity contribution in [2.45, 2.75) is 12.8 Å². The van der Waals surface area contributed by atoms with Gasteiger partial charge in [-0.25, -0.2) is 9.97 Å². The third-order valence-corrected chi connectivity index (χ3v) is 3.97. The molecule has 0 N–H and O–H groups in total. The summed E-state index contributed by atoms with van der Waals surface area (Å²) in [4.78, 5) is 9.03. The molecule has 0 aliphatic rings. The first-order valence-electron chi connectivity index (χ1n) is 6.38. The molecule has 0 amide bonds. The first-order chi connectivity index (χ1) is 10.1. The van der Waals surface area contributed by atoms with Crippen LogP contribution >= 0.6 is 27.5 Å². The van der Waals surface area contributed by atoms with Crippen molar-refractivity contribution in [3.63, 3.8) is 0 Å². The Balaban J connectivity index is 2.28. The lowest BCUT2D eigenvalue weighted by atomic mass is 10.2. The van der Waals surface area contributed by atoms with E-state index in [0.29, 0.717) is 5.88 Å². The normalized spacial score (nSPS) is 11.0. The largest absolute Gasteiger partial charge is 0.497 e. The summed E-state index contributed by atoms with van der Waals surface area (Å²) in [5, 5.41) is 0. The Kier molecular flexibility index (Phi) is 3.87. The fourth-order valence-electron chi connectivity index (χ4n) is 2.34. The first kappa shape index (κ1) is 14.4. The first-order valence-corrected chi connectivity index (χ1v) is 7.70. The van der Waals surface area contributed by atoms with Crippen molar-refractivity contribution in [3.05, 3.63) is 46.3 Å². The number of nitrogens with zero attached hydrogens (tertiary/aromatic N) is 3. The number of benzene rings is 1. The summed E-state index contributed by atoms with van der Waals surface area (Å²) in [7, 11) is 1.66. The number of aromatic nitrogens is 3. The Morgan fingerprint density at radius 1 is 1.33 bits per heavy atom. The number of imidazole rings is 1. The molecule has 1 aromatic carbocycles. The molecule has 0 bridgehead atoms. The smallest absolute Gasteiger partial charge is 0.164 e. The van der Waals surface area contributed by atoms with E-state index < -0.39 is 0 Å². The van der Waals surface area contributed by atoms with Crippen LogP contribution in [0.5, 0.6) is 5.75 Å². The van der Waals surface area contributed by atoms with Gasteiger partial charge in [0.05, 0.1) is 18.7 Å². The van der Waals surface area contributed by atoms with E-state index in [0.717, 1.165) is 38.5 Å². The molecule has 0 unspecified atom stereocenters. The average Bonchev–Trinajstić information content (AvgIpc) is 2.84. The number of hydrogen-bond acceptors (Lipinski definition) is 3. The molecule has 0 radical (unpaired) electrons. The van der Waals surface area contributed by atoms with Crippen molar-refractivity contribution in [2.75, 3.05) is 7.11 Å². The molecule has 0 atom stereocenters. The number of aryl methyl sites for hydroxylation is 1. The van der Waals surface area contributed by atoms with E-state index in [4.69, 9.17) is 16.3 Å². The number of pyridine rings is 1. The van der Waals surface area contributed by atoms with E-state index in [1.165, 1.54) is 0 Å². The van der Waals surface area contributed by atoms with E-state index in [9.17, 15) is 0 Å². The summed E-state index contributed by atoms with van der Waals surface area (Å²) in [6, 6.07) is 7.84. The lowest BCUT2D eigenvalue weighted by molar-refractivity contribution is 0.414. The predicted molar refractivity (Wildman–Crippen MR) is 87.4 cm³/mol. The highest BCUT2D eigenvalue weighted by atomic mass is 79.9. The second kappa shape index (κ2) is 5.66. The van der Waals surface area contributed by atoms with Gasteiger partial charge in [-0.1, -0.05) is 0 Å². The SMILES string of the molecule is COc1ccc(-n2c(CCl)nc3cc(Br)cnc32)c(C)c1. The Morgan fingerprint density at radius 2 is 2.14 bits per heavy atom. The quantitative estimate of drug-likeness (QED) is 0.651. The van der Waals surface area contributed by atoms with Gasteiger partial charge in [-0.2, -0.15) is 0 Å². The van der Waals surface area contributed by atoms with Crippen molar-refractivity contribution in [1.29, 1.82) is 0 Å². The highest BCUT2D eigenvalue weighted by Crippen LogP contribution is 2.27. The number of methoxy groups -OCH3 is 1. The Hall–Kier alpha value is -1.59. The van der Waals surface area contributed by atoms with Crippen LogP contribution in [0.2, 0.25) is 0 Å². The lowest BCUT2D eigenvalue weighted by Gasteiger charge is -2.11. The number of halogens is 2. The second-order valence-corrected chi connectivity index (χ2v) is 5.83. The van der Waals surface area contributed by atoms with Gasteiger partial charge in [0.2, 0.25) is 0 Å². The van der Waals surface area contributed by atoms with E-state index >= 15 is 0 Å². The van der Waals surface area contributed by atoms with Crippen LogP contribution in [0.25, 0.3) is 16.9 Å². The zero-order valence-corrected chi connectivity index (χ0v) is 13.9. The minimum Gasteiger partial charge on any atom is -0.497 e. The predicted octanol–water partition coefficient (Wildman–Crippen LogP) is 4.24. The Morgan fingerprint density at radius 3 is 2.81 bits per heavy atom. The van der Waals surface area contributed by atoms with Crippen LogP contribution in [0, 0.1) is 6.92 Å². The van der Waals surface area contributed by atoms with Gasteiger partial charge in [-0.15, -0.1) is 11.6 Å². The molecular formula is C15H13BrClN3O. The Labute approximate surface area is 135 Å². The molecule has 4 nitrogen and oxygen atoms in total. The van der Waals surface area contributed by atoms with E-state index in [1.54, 1.807) is 13.3 Å². The maximum atomic E-state index is 6.06. The summed E-state index contributed by atoms with van der Waals surface area (Å²) < 4.78 is 8.14. The van der Waals surface area contributed by atoms with Crippen LogP contribution in [0.1, 0.15) is 11.4 Å². The van der Waals surface area contributed by atoms with Gasteiger partial charge in [0.1, 0.15) is 17.1 Å². The summed E-state index contributed by atoms with van der Waals surface area (Å²) in [6.45, 7) is 2.03. The maximum Gasteiger partial charge on any atom is 0.164 e. The summed E-state index contributed by atoms with van der Waals surface area (Å²) in [6.07, 6.45) is 1.76. The van der Waals surface area contributed by atoms with Crippen LogP contribution in [0.15, 0.2) is 34.9 Å². The number of rotatable bonds is 3. The molecule has 0 saturated heterocycles. The highest BCUT2D eigenvalue weighted by molar-refractivity contribution is 9.10. The van der Waals surface area contributed by atoms with Gasteiger partial charge < -0.3 is 4.74 Å². The maximum absolute atomic E-state index is 6.06. The molecule has 0 spiro atoms.